The maximum atomic E-state index is 6.62. The summed E-state index contributed by atoms with van der Waals surface area (Å²) in [7, 11) is 1.97. The normalized spacial score (nSPS) is 10.6. The molecule has 3 aromatic carbocycles. The minimum absolute atomic E-state index is 0.565. The van der Waals surface area contributed by atoms with E-state index in [-0.39, 0.29) is 0 Å². The summed E-state index contributed by atoms with van der Waals surface area (Å²) < 4.78 is 0. The average molecular weight is 396 g/mol. The van der Waals surface area contributed by atoms with Gasteiger partial charge in [0.05, 0.1) is 0 Å². The molecule has 0 unspecified atom stereocenters. The standard InChI is InChI=1S/C25H25N5/c1-29(22-15-9-4-10-16-22)24-23(26)25(28-19-27-24)30(17-20-11-5-2-6-12-20)18-21-13-7-3-8-14-21/h2-16,19H,17-18,26H2,1H3. The molecule has 0 aliphatic heterocycles. The van der Waals surface area contributed by atoms with Crippen LogP contribution in [0.25, 0.3) is 0 Å². The zero-order chi connectivity index (χ0) is 20.8. The summed E-state index contributed by atoms with van der Waals surface area (Å²) in [5.41, 5.74) is 10.6. The summed E-state index contributed by atoms with van der Waals surface area (Å²) >= 11 is 0. The highest BCUT2D eigenvalue weighted by molar-refractivity contribution is 5.79. The molecule has 0 radical (unpaired) electrons. The zero-order valence-electron chi connectivity index (χ0n) is 17.0. The third-order valence-electron chi connectivity index (χ3n) is 5.04. The zero-order valence-corrected chi connectivity index (χ0v) is 17.0. The van der Waals surface area contributed by atoms with Gasteiger partial charge in [-0.1, -0.05) is 78.9 Å². The highest BCUT2D eigenvalue weighted by atomic mass is 15.2. The molecule has 4 aromatic rings. The van der Waals surface area contributed by atoms with Crippen molar-refractivity contribution in [3.63, 3.8) is 0 Å². The van der Waals surface area contributed by atoms with Crippen LogP contribution in [-0.4, -0.2) is 17.0 Å². The molecule has 1 aromatic heterocycles. The quantitative estimate of drug-likeness (QED) is 0.475. The van der Waals surface area contributed by atoms with Gasteiger partial charge in [0.15, 0.2) is 11.6 Å². The Kier molecular flexibility index (Phi) is 5.90. The van der Waals surface area contributed by atoms with E-state index in [0.717, 1.165) is 11.5 Å². The molecule has 5 heteroatoms. The first-order chi connectivity index (χ1) is 14.7. The van der Waals surface area contributed by atoms with E-state index < -0.39 is 0 Å². The Morgan fingerprint density at radius 2 is 1.13 bits per heavy atom. The van der Waals surface area contributed by atoms with Crippen LogP contribution < -0.4 is 15.5 Å². The van der Waals surface area contributed by atoms with Gasteiger partial charge in [0.1, 0.15) is 12.0 Å². The number of para-hydroxylation sites is 1. The van der Waals surface area contributed by atoms with Crippen LogP contribution in [0.3, 0.4) is 0 Å². The molecule has 0 spiro atoms. The molecule has 150 valence electrons. The average Bonchev–Trinajstić information content (AvgIpc) is 2.80. The SMILES string of the molecule is CN(c1ccccc1)c1ncnc(N(Cc2ccccc2)Cc2ccccc2)c1N. The fourth-order valence-corrected chi connectivity index (χ4v) is 3.48. The van der Waals surface area contributed by atoms with Crippen molar-refractivity contribution in [1.82, 2.24) is 9.97 Å². The Labute approximate surface area is 177 Å². The number of aromatic nitrogens is 2. The first-order valence-corrected chi connectivity index (χ1v) is 9.94. The summed E-state index contributed by atoms with van der Waals surface area (Å²) in [5.74, 6) is 1.42. The van der Waals surface area contributed by atoms with Gasteiger partial charge in [-0.05, 0) is 23.3 Å². The molecule has 0 aliphatic rings. The van der Waals surface area contributed by atoms with Crippen molar-refractivity contribution in [3.8, 4) is 0 Å². The van der Waals surface area contributed by atoms with Crippen LogP contribution in [0.5, 0.6) is 0 Å². The Balaban J connectivity index is 1.71. The summed E-state index contributed by atoms with van der Waals surface area (Å²) in [4.78, 5) is 13.2. The number of nitrogens with zero attached hydrogens (tertiary/aromatic N) is 4. The number of benzene rings is 3. The van der Waals surface area contributed by atoms with Crippen LogP contribution in [0.15, 0.2) is 97.3 Å². The van der Waals surface area contributed by atoms with Gasteiger partial charge < -0.3 is 15.5 Å². The van der Waals surface area contributed by atoms with E-state index >= 15 is 0 Å². The molecular weight excluding hydrogens is 370 g/mol. The van der Waals surface area contributed by atoms with Gasteiger partial charge in [0, 0.05) is 25.8 Å². The predicted octanol–water partition coefficient (Wildman–Crippen LogP) is 5.03. The van der Waals surface area contributed by atoms with Gasteiger partial charge in [-0.2, -0.15) is 0 Å². The molecule has 0 aliphatic carbocycles. The van der Waals surface area contributed by atoms with Gasteiger partial charge in [-0.3, -0.25) is 0 Å². The van der Waals surface area contributed by atoms with Crippen molar-refractivity contribution in [2.75, 3.05) is 22.6 Å². The number of hydrogen-bond acceptors (Lipinski definition) is 5. The van der Waals surface area contributed by atoms with Crippen LogP contribution in [-0.2, 0) is 13.1 Å². The first-order valence-electron chi connectivity index (χ1n) is 9.94. The fraction of sp³-hybridized carbons (Fsp3) is 0.120. The van der Waals surface area contributed by atoms with Gasteiger partial charge in [-0.15, -0.1) is 0 Å². The molecule has 4 rings (SSSR count). The van der Waals surface area contributed by atoms with Crippen molar-refractivity contribution in [2.24, 2.45) is 0 Å². The van der Waals surface area contributed by atoms with Gasteiger partial charge in [-0.25, -0.2) is 9.97 Å². The van der Waals surface area contributed by atoms with Crippen molar-refractivity contribution in [3.05, 3.63) is 108 Å². The fourth-order valence-electron chi connectivity index (χ4n) is 3.48. The molecular formula is C25H25N5. The topological polar surface area (TPSA) is 58.3 Å². The van der Waals surface area contributed by atoms with Gasteiger partial charge in [0.25, 0.3) is 0 Å². The number of rotatable bonds is 7. The van der Waals surface area contributed by atoms with E-state index in [2.05, 4.69) is 39.1 Å². The van der Waals surface area contributed by atoms with E-state index in [1.54, 1.807) is 6.33 Å². The second-order valence-electron chi connectivity index (χ2n) is 7.16. The third kappa shape index (κ3) is 4.41. The summed E-state index contributed by atoms with van der Waals surface area (Å²) in [6.45, 7) is 1.40. The molecule has 0 bridgehead atoms. The molecule has 5 nitrogen and oxygen atoms in total. The second-order valence-corrected chi connectivity index (χ2v) is 7.16. The summed E-state index contributed by atoms with van der Waals surface area (Å²) in [5, 5.41) is 0. The Bertz CT molecular complexity index is 1030. The Morgan fingerprint density at radius 1 is 0.667 bits per heavy atom. The van der Waals surface area contributed by atoms with Crippen molar-refractivity contribution in [1.29, 1.82) is 0 Å². The Hall–Kier alpha value is -3.86. The molecule has 30 heavy (non-hydrogen) atoms. The number of nitrogens with two attached hydrogens (primary N) is 1. The van der Waals surface area contributed by atoms with Crippen LogP contribution in [0.1, 0.15) is 11.1 Å². The lowest BCUT2D eigenvalue weighted by Gasteiger charge is -2.27. The minimum Gasteiger partial charge on any atom is -0.393 e. The molecule has 1 heterocycles. The second kappa shape index (κ2) is 9.09. The molecule has 0 amide bonds. The minimum atomic E-state index is 0.565. The third-order valence-corrected chi connectivity index (χ3v) is 5.04. The molecule has 2 N–H and O–H groups in total. The summed E-state index contributed by atoms with van der Waals surface area (Å²) in [6, 6.07) is 30.8. The van der Waals surface area contributed by atoms with Crippen LogP contribution >= 0.6 is 0 Å². The molecule has 0 saturated heterocycles. The van der Waals surface area contributed by atoms with Gasteiger partial charge in [0.2, 0.25) is 0 Å². The smallest absolute Gasteiger partial charge is 0.161 e. The number of anilines is 4. The lowest BCUT2D eigenvalue weighted by molar-refractivity contribution is 0.782. The van der Waals surface area contributed by atoms with E-state index in [0.29, 0.717) is 24.6 Å². The van der Waals surface area contributed by atoms with Crippen LogP contribution in [0, 0.1) is 0 Å². The van der Waals surface area contributed by atoms with Gasteiger partial charge >= 0.3 is 0 Å². The maximum Gasteiger partial charge on any atom is 0.161 e. The highest BCUT2D eigenvalue weighted by Gasteiger charge is 2.19. The summed E-state index contributed by atoms with van der Waals surface area (Å²) in [6.07, 6.45) is 1.59. The highest BCUT2D eigenvalue weighted by Crippen LogP contribution is 2.33. The molecule has 0 saturated carbocycles. The lowest BCUT2D eigenvalue weighted by atomic mass is 10.1. The predicted molar refractivity (Wildman–Crippen MR) is 124 cm³/mol. The number of nitrogen functional groups attached to an aromatic ring is 1. The largest absolute Gasteiger partial charge is 0.393 e. The molecule has 0 fully saturated rings. The van der Waals surface area contributed by atoms with Crippen molar-refractivity contribution in [2.45, 2.75) is 13.1 Å². The maximum absolute atomic E-state index is 6.62. The first kappa shape index (κ1) is 19.5. The van der Waals surface area contributed by atoms with E-state index in [9.17, 15) is 0 Å². The lowest BCUT2D eigenvalue weighted by Crippen LogP contribution is -2.25. The van der Waals surface area contributed by atoms with E-state index in [4.69, 9.17) is 5.73 Å². The number of hydrogen-bond donors (Lipinski definition) is 1. The van der Waals surface area contributed by atoms with Crippen LogP contribution in [0.2, 0.25) is 0 Å². The Morgan fingerprint density at radius 3 is 1.67 bits per heavy atom. The monoisotopic (exact) mass is 395 g/mol. The van der Waals surface area contributed by atoms with E-state index in [1.165, 1.54) is 11.1 Å². The van der Waals surface area contributed by atoms with Crippen molar-refractivity contribution < 1.29 is 0 Å². The van der Waals surface area contributed by atoms with Crippen LogP contribution in [0.4, 0.5) is 23.0 Å². The molecule has 0 atom stereocenters. The van der Waals surface area contributed by atoms with Crippen molar-refractivity contribution >= 4 is 23.0 Å². The van der Waals surface area contributed by atoms with E-state index in [1.807, 2.05) is 78.7 Å².